The molecule has 7 nitrogen and oxygen atoms in total. The Kier molecular flexibility index (Phi) is 9.40. The van der Waals surface area contributed by atoms with Gasteiger partial charge < -0.3 is 25.1 Å². The number of hydrogen-bond donors (Lipinski definition) is 3. The number of aromatic amines is 1. The van der Waals surface area contributed by atoms with Crippen molar-refractivity contribution in [3.05, 3.63) is 72.8 Å². The van der Waals surface area contributed by atoms with E-state index in [1.807, 2.05) is 86.6 Å². The van der Waals surface area contributed by atoms with Gasteiger partial charge in [0.1, 0.15) is 11.5 Å². The Labute approximate surface area is 224 Å². The molecule has 1 heterocycles. The molecule has 0 radical (unpaired) electrons. The Morgan fingerprint density at radius 2 is 1.24 bits per heavy atom. The van der Waals surface area contributed by atoms with Crippen LogP contribution in [0.2, 0.25) is 0 Å². The molecule has 4 aromatic rings. The minimum atomic E-state index is -0.142. The minimum Gasteiger partial charge on any atom is -0.492 e. The molecule has 0 aliphatic heterocycles. The number of anilines is 2. The number of ether oxygens (including phenoxy) is 2. The second kappa shape index (κ2) is 13.1. The van der Waals surface area contributed by atoms with Gasteiger partial charge in [-0.05, 0) is 44.2 Å². The Hall–Kier alpha value is -3.56. The highest BCUT2D eigenvalue weighted by atomic mass is 32.2. The summed E-state index contributed by atoms with van der Waals surface area (Å²) in [6.45, 7) is 4.84. The quantitative estimate of drug-likeness (QED) is 0.181. The first-order valence-electron chi connectivity index (χ1n) is 12.0. The standard InChI is InChI=1S/C28H29N3O4S2/c1-3-34-23-15-9-7-13-21(23)29-25(32)17-36-27-19-11-5-6-12-20(19)31-28(27)37-18-26(33)30-22-14-8-10-16-24(22)35-4-2/h5-16,31H,3-4,17-18H2,1-2H3,(H,29,32)(H,30,33). The van der Waals surface area contributed by atoms with Crippen LogP contribution in [0.1, 0.15) is 13.8 Å². The summed E-state index contributed by atoms with van der Waals surface area (Å²) in [6.07, 6.45) is 0. The van der Waals surface area contributed by atoms with Crippen LogP contribution in [-0.4, -0.2) is 41.5 Å². The number of H-pyrrole nitrogens is 1. The lowest BCUT2D eigenvalue weighted by molar-refractivity contribution is -0.114. The predicted molar refractivity (Wildman–Crippen MR) is 152 cm³/mol. The number of thioether (sulfide) groups is 2. The molecule has 0 saturated carbocycles. The Morgan fingerprint density at radius 3 is 1.84 bits per heavy atom. The summed E-state index contributed by atoms with van der Waals surface area (Å²) in [5.74, 6) is 1.42. The van der Waals surface area contributed by atoms with Gasteiger partial charge in [0, 0.05) is 15.8 Å². The van der Waals surface area contributed by atoms with Crippen LogP contribution in [0.3, 0.4) is 0 Å². The number of fused-ring (bicyclic) bond motifs is 1. The molecule has 0 spiro atoms. The van der Waals surface area contributed by atoms with E-state index in [4.69, 9.17) is 9.47 Å². The van der Waals surface area contributed by atoms with Gasteiger partial charge in [-0.2, -0.15) is 0 Å². The molecule has 0 atom stereocenters. The van der Waals surface area contributed by atoms with E-state index in [0.717, 1.165) is 20.8 Å². The van der Waals surface area contributed by atoms with Gasteiger partial charge in [-0.25, -0.2) is 0 Å². The van der Waals surface area contributed by atoms with E-state index in [2.05, 4.69) is 15.6 Å². The largest absolute Gasteiger partial charge is 0.492 e. The third-order valence-corrected chi connectivity index (χ3v) is 7.49. The molecule has 0 fully saturated rings. The van der Waals surface area contributed by atoms with E-state index in [1.165, 1.54) is 23.5 Å². The average molecular weight is 536 g/mol. The molecule has 0 saturated heterocycles. The number of benzene rings is 3. The number of para-hydroxylation sites is 5. The molecule has 3 aromatic carbocycles. The molecule has 37 heavy (non-hydrogen) atoms. The van der Waals surface area contributed by atoms with Crippen molar-refractivity contribution < 1.29 is 19.1 Å². The summed E-state index contributed by atoms with van der Waals surface area (Å²) in [5, 5.41) is 7.73. The number of rotatable bonds is 12. The van der Waals surface area contributed by atoms with Gasteiger partial charge in [0.2, 0.25) is 11.8 Å². The molecule has 1 aromatic heterocycles. The van der Waals surface area contributed by atoms with Gasteiger partial charge in [0.25, 0.3) is 0 Å². The highest BCUT2D eigenvalue weighted by Crippen LogP contribution is 2.37. The van der Waals surface area contributed by atoms with Crippen molar-refractivity contribution in [1.82, 2.24) is 4.98 Å². The van der Waals surface area contributed by atoms with E-state index >= 15 is 0 Å². The molecule has 4 rings (SSSR count). The maximum Gasteiger partial charge on any atom is 0.234 e. The first-order chi connectivity index (χ1) is 18.1. The zero-order chi connectivity index (χ0) is 26.0. The number of carbonyl (C=O) groups excluding carboxylic acids is 2. The topological polar surface area (TPSA) is 92.5 Å². The SMILES string of the molecule is CCOc1ccccc1NC(=O)CSc1[nH]c2ccccc2c1SCC(=O)Nc1ccccc1OCC. The van der Waals surface area contributed by atoms with E-state index < -0.39 is 0 Å². The summed E-state index contributed by atoms with van der Waals surface area (Å²) in [5.41, 5.74) is 2.24. The van der Waals surface area contributed by atoms with Gasteiger partial charge >= 0.3 is 0 Å². The monoisotopic (exact) mass is 535 g/mol. The normalized spacial score (nSPS) is 10.8. The smallest absolute Gasteiger partial charge is 0.234 e. The maximum atomic E-state index is 12.8. The molecule has 9 heteroatoms. The van der Waals surface area contributed by atoms with Crippen molar-refractivity contribution in [2.24, 2.45) is 0 Å². The minimum absolute atomic E-state index is 0.136. The molecule has 3 N–H and O–H groups in total. The van der Waals surface area contributed by atoms with Crippen LogP contribution in [0.4, 0.5) is 11.4 Å². The van der Waals surface area contributed by atoms with Crippen LogP contribution in [0.5, 0.6) is 11.5 Å². The van der Waals surface area contributed by atoms with Crippen molar-refractivity contribution in [1.29, 1.82) is 0 Å². The summed E-state index contributed by atoms with van der Waals surface area (Å²) >= 11 is 2.84. The maximum absolute atomic E-state index is 12.8. The molecule has 2 amide bonds. The highest BCUT2D eigenvalue weighted by molar-refractivity contribution is 8.03. The average Bonchev–Trinajstić information content (AvgIpc) is 3.26. The number of amides is 2. The predicted octanol–water partition coefficient (Wildman–Crippen LogP) is 6.43. The Balaban J connectivity index is 1.43. The first kappa shape index (κ1) is 26.5. The number of carbonyl (C=O) groups is 2. The second-order valence-corrected chi connectivity index (χ2v) is 9.83. The van der Waals surface area contributed by atoms with Gasteiger partial charge in [0.15, 0.2) is 0 Å². The fourth-order valence-corrected chi connectivity index (χ4v) is 5.67. The van der Waals surface area contributed by atoms with Crippen LogP contribution in [0.25, 0.3) is 10.9 Å². The van der Waals surface area contributed by atoms with Crippen molar-refractivity contribution in [2.45, 2.75) is 23.8 Å². The van der Waals surface area contributed by atoms with Gasteiger partial charge in [-0.15, -0.1) is 11.8 Å². The molecule has 0 bridgehead atoms. The van der Waals surface area contributed by atoms with Gasteiger partial charge in [-0.1, -0.05) is 54.2 Å². The lowest BCUT2D eigenvalue weighted by Crippen LogP contribution is -2.15. The molecular formula is C28H29N3O4S2. The van der Waals surface area contributed by atoms with Crippen LogP contribution in [0.15, 0.2) is 82.7 Å². The third-order valence-electron chi connectivity index (χ3n) is 5.24. The number of nitrogens with one attached hydrogen (secondary N) is 3. The summed E-state index contributed by atoms with van der Waals surface area (Å²) in [7, 11) is 0. The Morgan fingerprint density at radius 1 is 0.730 bits per heavy atom. The Bertz CT molecular complexity index is 1370. The third kappa shape index (κ3) is 7.02. The van der Waals surface area contributed by atoms with Gasteiger partial charge in [-0.3, -0.25) is 9.59 Å². The van der Waals surface area contributed by atoms with E-state index in [9.17, 15) is 9.59 Å². The molecule has 0 aliphatic rings. The van der Waals surface area contributed by atoms with E-state index in [-0.39, 0.29) is 23.3 Å². The molecule has 192 valence electrons. The van der Waals surface area contributed by atoms with Crippen LogP contribution in [0, 0.1) is 0 Å². The fraction of sp³-hybridized carbons (Fsp3) is 0.214. The van der Waals surface area contributed by atoms with E-state index in [1.54, 1.807) is 0 Å². The van der Waals surface area contributed by atoms with Crippen molar-refractivity contribution in [2.75, 3.05) is 35.4 Å². The van der Waals surface area contributed by atoms with Gasteiger partial charge in [0.05, 0.1) is 41.1 Å². The molecule has 0 unspecified atom stereocenters. The van der Waals surface area contributed by atoms with Crippen LogP contribution < -0.4 is 20.1 Å². The van der Waals surface area contributed by atoms with Crippen LogP contribution >= 0.6 is 23.5 Å². The number of aromatic nitrogens is 1. The zero-order valence-electron chi connectivity index (χ0n) is 20.7. The highest BCUT2D eigenvalue weighted by Gasteiger charge is 2.17. The fourth-order valence-electron chi connectivity index (χ4n) is 3.69. The van der Waals surface area contributed by atoms with Crippen LogP contribution in [-0.2, 0) is 9.59 Å². The second-order valence-electron chi connectivity index (χ2n) is 7.86. The first-order valence-corrected chi connectivity index (χ1v) is 14.0. The van der Waals surface area contributed by atoms with Crippen molar-refractivity contribution in [3.63, 3.8) is 0 Å². The summed E-state index contributed by atoms with van der Waals surface area (Å²) in [4.78, 5) is 29.9. The summed E-state index contributed by atoms with van der Waals surface area (Å²) in [6, 6.07) is 22.7. The van der Waals surface area contributed by atoms with E-state index in [0.29, 0.717) is 36.1 Å². The number of hydrogen-bond acceptors (Lipinski definition) is 6. The van der Waals surface area contributed by atoms with Crippen molar-refractivity contribution in [3.8, 4) is 11.5 Å². The lowest BCUT2D eigenvalue weighted by Gasteiger charge is -2.12. The van der Waals surface area contributed by atoms with Crippen molar-refractivity contribution >= 4 is 57.6 Å². The zero-order valence-corrected chi connectivity index (χ0v) is 22.3. The summed E-state index contributed by atoms with van der Waals surface area (Å²) < 4.78 is 11.2. The molecular weight excluding hydrogens is 506 g/mol. The molecule has 0 aliphatic carbocycles. The lowest BCUT2D eigenvalue weighted by atomic mass is 10.2.